The lowest BCUT2D eigenvalue weighted by atomic mass is 9.96. The van der Waals surface area contributed by atoms with E-state index in [1.807, 2.05) is 13.8 Å². The molecule has 88 valence electrons. The second kappa shape index (κ2) is 4.15. The number of hydrogen-bond acceptors (Lipinski definition) is 4. The molecule has 2 N–H and O–H groups in total. The summed E-state index contributed by atoms with van der Waals surface area (Å²) in [5.74, 6) is -0.227. The molecule has 2 rings (SSSR count). The summed E-state index contributed by atoms with van der Waals surface area (Å²) in [6.07, 6.45) is 3.27. The lowest BCUT2D eigenvalue weighted by Crippen LogP contribution is -2.27. The summed E-state index contributed by atoms with van der Waals surface area (Å²) in [4.78, 5) is 11.6. The molecule has 1 aromatic heterocycles. The number of nitrogen functional groups attached to an aromatic ring is 1. The molecule has 1 aliphatic carbocycles. The number of aromatic nitrogens is 2. The molecular formula is C11H17N3O2. The van der Waals surface area contributed by atoms with E-state index in [4.69, 9.17) is 10.5 Å². The molecule has 1 aliphatic rings. The number of anilines is 1. The van der Waals surface area contributed by atoms with Crippen LogP contribution in [-0.2, 0) is 16.1 Å². The smallest absolute Gasteiger partial charge is 0.328 e. The molecule has 5 heteroatoms. The molecule has 5 nitrogen and oxygen atoms in total. The quantitative estimate of drug-likeness (QED) is 0.781. The average Bonchev–Trinajstić information content (AvgIpc) is 2.40. The van der Waals surface area contributed by atoms with E-state index < -0.39 is 0 Å². The van der Waals surface area contributed by atoms with Gasteiger partial charge in [0.2, 0.25) is 0 Å². The highest BCUT2D eigenvalue weighted by Crippen LogP contribution is 2.22. The number of esters is 1. The largest absolute Gasteiger partial charge is 0.461 e. The first-order valence-electron chi connectivity index (χ1n) is 5.57. The zero-order valence-corrected chi connectivity index (χ0v) is 9.69. The minimum atomic E-state index is -0.227. The van der Waals surface area contributed by atoms with Crippen molar-refractivity contribution in [2.45, 2.75) is 45.8 Å². The zero-order chi connectivity index (χ0) is 11.7. The molecular weight excluding hydrogens is 206 g/mol. The van der Waals surface area contributed by atoms with Gasteiger partial charge in [-0.1, -0.05) is 0 Å². The van der Waals surface area contributed by atoms with Gasteiger partial charge in [-0.05, 0) is 33.1 Å². The fourth-order valence-electron chi connectivity index (χ4n) is 1.70. The summed E-state index contributed by atoms with van der Waals surface area (Å²) in [7, 11) is 0. The zero-order valence-electron chi connectivity index (χ0n) is 9.69. The Morgan fingerprint density at radius 3 is 2.69 bits per heavy atom. The van der Waals surface area contributed by atoms with Crippen LogP contribution in [0.15, 0.2) is 0 Å². The highest BCUT2D eigenvalue weighted by Gasteiger charge is 2.22. The summed E-state index contributed by atoms with van der Waals surface area (Å²) in [5.41, 5.74) is 8.01. The van der Waals surface area contributed by atoms with Crippen molar-refractivity contribution in [1.82, 2.24) is 9.78 Å². The van der Waals surface area contributed by atoms with Crippen molar-refractivity contribution >= 4 is 11.7 Å². The van der Waals surface area contributed by atoms with E-state index in [-0.39, 0.29) is 18.6 Å². The Morgan fingerprint density at radius 1 is 1.56 bits per heavy atom. The van der Waals surface area contributed by atoms with Gasteiger partial charge in [0.05, 0.1) is 17.1 Å². The number of nitrogens with two attached hydrogens (primary N) is 1. The Balaban J connectivity index is 1.97. The van der Waals surface area contributed by atoms with Crippen molar-refractivity contribution in [3.63, 3.8) is 0 Å². The minimum Gasteiger partial charge on any atom is -0.461 e. The van der Waals surface area contributed by atoms with Gasteiger partial charge < -0.3 is 10.5 Å². The van der Waals surface area contributed by atoms with Gasteiger partial charge in [-0.2, -0.15) is 5.10 Å². The minimum absolute atomic E-state index is 0.127. The number of aryl methyl sites for hydroxylation is 1. The van der Waals surface area contributed by atoms with Gasteiger partial charge in [-0.15, -0.1) is 0 Å². The third-order valence-electron chi connectivity index (χ3n) is 3.07. The Kier molecular flexibility index (Phi) is 2.85. The van der Waals surface area contributed by atoms with E-state index in [0.717, 1.165) is 30.7 Å². The van der Waals surface area contributed by atoms with E-state index >= 15 is 0 Å². The van der Waals surface area contributed by atoms with E-state index in [2.05, 4.69) is 5.10 Å². The normalized spacial score (nSPS) is 15.9. The molecule has 0 aromatic carbocycles. The predicted molar refractivity (Wildman–Crippen MR) is 59.8 cm³/mol. The number of ether oxygens (including phenoxy) is 1. The van der Waals surface area contributed by atoms with Crippen molar-refractivity contribution in [3.05, 3.63) is 11.4 Å². The molecule has 0 spiro atoms. The standard InChI is InChI=1S/C11H17N3O2/c1-7-11(12)8(2)14(13-7)6-10(15)16-9-4-3-5-9/h9H,3-6,12H2,1-2H3. The second-order valence-electron chi connectivity index (χ2n) is 4.28. The molecule has 0 radical (unpaired) electrons. The Morgan fingerprint density at radius 2 is 2.25 bits per heavy atom. The van der Waals surface area contributed by atoms with Gasteiger partial charge in [0.25, 0.3) is 0 Å². The molecule has 0 bridgehead atoms. The molecule has 1 fully saturated rings. The third-order valence-corrected chi connectivity index (χ3v) is 3.07. The second-order valence-corrected chi connectivity index (χ2v) is 4.28. The van der Waals surface area contributed by atoms with Gasteiger partial charge in [0.15, 0.2) is 0 Å². The topological polar surface area (TPSA) is 70.1 Å². The fraction of sp³-hybridized carbons (Fsp3) is 0.636. The first-order valence-corrected chi connectivity index (χ1v) is 5.57. The third kappa shape index (κ3) is 2.03. The Hall–Kier alpha value is -1.52. The maximum Gasteiger partial charge on any atom is 0.328 e. The highest BCUT2D eigenvalue weighted by atomic mass is 16.5. The molecule has 0 aliphatic heterocycles. The Labute approximate surface area is 94.6 Å². The fourth-order valence-corrected chi connectivity index (χ4v) is 1.70. The predicted octanol–water partition coefficient (Wildman–Crippen LogP) is 1.18. The van der Waals surface area contributed by atoms with Crippen molar-refractivity contribution in [2.24, 2.45) is 0 Å². The van der Waals surface area contributed by atoms with Crippen LogP contribution in [0.2, 0.25) is 0 Å². The highest BCUT2D eigenvalue weighted by molar-refractivity contribution is 5.69. The van der Waals surface area contributed by atoms with Gasteiger partial charge in [-0.3, -0.25) is 9.48 Å². The maximum atomic E-state index is 11.6. The molecule has 0 amide bonds. The lowest BCUT2D eigenvalue weighted by Gasteiger charge is -2.25. The number of rotatable bonds is 3. The summed E-state index contributed by atoms with van der Waals surface area (Å²) in [6, 6.07) is 0. The molecule has 1 aromatic rings. The first kappa shape index (κ1) is 11.0. The number of nitrogens with zero attached hydrogens (tertiary/aromatic N) is 2. The average molecular weight is 223 g/mol. The van der Waals surface area contributed by atoms with Crippen LogP contribution >= 0.6 is 0 Å². The summed E-state index contributed by atoms with van der Waals surface area (Å²) >= 11 is 0. The van der Waals surface area contributed by atoms with Gasteiger partial charge in [0.1, 0.15) is 12.6 Å². The first-order chi connectivity index (χ1) is 7.58. The van der Waals surface area contributed by atoms with Crippen molar-refractivity contribution in [3.8, 4) is 0 Å². The summed E-state index contributed by atoms with van der Waals surface area (Å²) in [6.45, 7) is 3.84. The van der Waals surface area contributed by atoms with E-state index in [0.29, 0.717) is 5.69 Å². The van der Waals surface area contributed by atoms with Crippen LogP contribution in [0.4, 0.5) is 5.69 Å². The van der Waals surface area contributed by atoms with Crippen molar-refractivity contribution in [1.29, 1.82) is 0 Å². The Bertz CT molecular complexity index is 408. The van der Waals surface area contributed by atoms with Crippen LogP contribution < -0.4 is 5.73 Å². The number of carbonyl (C=O) groups excluding carboxylic acids is 1. The molecule has 1 saturated carbocycles. The summed E-state index contributed by atoms with van der Waals surface area (Å²) in [5, 5.41) is 4.19. The summed E-state index contributed by atoms with van der Waals surface area (Å²) < 4.78 is 6.86. The van der Waals surface area contributed by atoms with Crippen LogP contribution in [0, 0.1) is 13.8 Å². The van der Waals surface area contributed by atoms with E-state index in [1.54, 1.807) is 4.68 Å². The molecule has 16 heavy (non-hydrogen) atoms. The number of hydrogen-bond donors (Lipinski definition) is 1. The van der Waals surface area contributed by atoms with Crippen LogP contribution in [0.1, 0.15) is 30.7 Å². The molecule has 1 heterocycles. The van der Waals surface area contributed by atoms with Crippen LogP contribution in [0.3, 0.4) is 0 Å². The number of carbonyl (C=O) groups is 1. The SMILES string of the molecule is Cc1nn(CC(=O)OC2CCC2)c(C)c1N. The van der Waals surface area contributed by atoms with Gasteiger partial charge in [-0.25, -0.2) is 0 Å². The van der Waals surface area contributed by atoms with Crippen LogP contribution in [0.5, 0.6) is 0 Å². The van der Waals surface area contributed by atoms with E-state index in [9.17, 15) is 4.79 Å². The molecule has 0 atom stereocenters. The monoisotopic (exact) mass is 223 g/mol. The van der Waals surface area contributed by atoms with Gasteiger partial charge >= 0.3 is 5.97 Å². The lowest BCUT2D eigenvalue weighted by molar-refractivity contribution is -0.153. The van der Waals surface area contributed by atoms with Gasteiger partial charge in [0, 0.05) is 0 Å². The van der Waals surface area contributed by atoms with E-state index in [1.165, 1.54) is 0 Å². The van der Waals surface area contributed by atoms with Crippen molar-refractivity contribution < 1.29 is 9.53 Å². The molecule has 0 saturated heterocycles. The van der Waals surface area contributed by atoms with Crippen molar-refractivity contribution in [2.75, 3.05) is 5.73 Å². The van der Waals surface area contributed by atoms with Crippen LogP contribution in [0.25, 0.3) is 0 Å². The maximum absolute atomic E-state index is 11.6. The van der Waals surface area contributed by atoms with Crippen LogP contribution in [-0.4, -0.2) is 21.9 Å². The molecule has 0 unspecified atom stereocenters.